The molecule has 0 atom stereocenters. The van der Waals surface area contributed by atoms with Crippen LogP contribution >= 0.6 is 0 Å². The van der Waals surface area contributed by atoms with Crippen molar-refractivity contribution in [3.05, 3.63) is 247 Å². The lowest BCUT2D eigenvalue weighted by Gasteiger charge is -2.12. The fourth-order valence-corrected chi connectivity index (χ4v) is 7.74. The van der Waals surface area contributed by atoms with Crippen LogP contribution in [0.3, 0.4) is 0 Å². The van der Waals surface area contributed by atoms with E-state index < -0.39 is 0 Å². The SMILES string of the molecule is CN(C)C(=O)c1ccc(Cn2c(=O)ccc3ccccc32)cc1.CN(C)C(=O)c1ccc(Cn2cc3ccccc3cc2=O)cc1.CN(C)C(=O)c1ccc(Cn2ccc(=O)c3ccccc32)cc1. The van der Waals surface area contributed by atoms with Crippen molar-refractivity contribution in [2.24, 2.45) is 0 Å². The minimum absolute atomic E-state index is 0.00893. The first kappa shape index (κ1) is 48.3. The molecular formula is C57H54N6O6. The fourth-order valence-electron chi connectivity index (χ4n) is 7.74. The second-order valence-electron chi connectivity index (χ2n) is 17.2. The monoisotopic (exact) mass is 918 g/mol. The lowest BCUT2D eigenvalue weighted by atomic mass is 10.1. The molecule has 0 aliphatic heterocycles. The van der Waals surface area contributed by atoms with Crippen molar-refractivity contribution >= 4 is 50.3 Å². The molecule has 9 rings (SSSR count). The zero-order valence-electron chi connectivity index (χ0n) is 39.6. The number of nitrogens with zero attached hydrogens (tertiary/aromatic N) is 6. The molecule has 0 bridgehead atoms. The molecule has 12 heteroatoms. The normalized spacial score (nSPS) is 10.7. The van der Waals surface area contributed by atoms with Crippen molar-refractivity contribution < 1.29 is 14.4 Å². The average Bonchev–Trinajstić information content (AvgIpc) is 3.36. The first-order valence-electron chi connectivity index (χ1n) is 22.3. The van der Waals surface area contributed by atoms with Gasteiger partial charge in [0, 0.05) is 102 Å². The Hall–Kier alpha value is -8.64. The Labute approximate surface area is 400 Å². The predicted molar refractivity (Wildman–Crippen MR) is 275 cm³/mol. The molecule has 3 aromatic heterocycles. The largest absolute Gasteiger partial charge is 0.345 e. The Morgan fingerprint density at radius 3 is 1.36 bits per heavy atom. The van der Waals surface area contributed by atoms with Crippen molar-refractivity contribution in [1.82, 2.24) is 28.4 Å². The molecule has 0 saturated carbocycles. The maximum Gasteiger partial charge on any atom is 0.253 e. The van der Waals surface area contributed by atoms with Gasteiger partial charge in [-0.15, -0.1) is 0 Å². The lowest BCUT2D eigenvalue weighted by molar-refractivity contribution is 0.0820. The molecule has 0 aliphatic carbocycles. The number of carbonyl (C=O) groups excluding carboxylic acids is 3. The van der Waals surface area contributed by atoms with E-state index in [4.69, 9.17) is 0 Å². The van der Waals surface area contributed by atoms with E-state index in [9.17, 15) is 28.8 Å². The molecule has 0 N–H and O–H groups in total. The van der Waals surface area contributed by atoms with Crippen LogP contribution in [0, 0.1) is 0 Å². The van der Waals surface area contributed by atoms with E-state index in [1.807, 2.05) is 144 Å². The first-order valence-corrected chi connectivity index (χ1v) is 22.3. The molecule has 0 saturated heterocycles. The number of fused-ring (bicyclic) bond motifs is 3. The van der Waals surface area contributed by atoms with E-state index in [0.29, 0.717) is 36.3 Å². The summed E-state index contributed by atoms with van der Waals surface area (Å²) in [5.41, 5.74) is 6.79. The van der Waals surface area contributed by atoms with Crippen molar-refractivity contribution in [2.45, 2.75) is 19.6 Å². The highest BCUT2D eigenvalue weighted by atomic mass is 16.2. The van der Waals surface area contributed by atoms with Gasteiger partial charge >= 0.3 is 0 Å². The first-order chi connectivity index (χ1) is 33.2. The fraction of sp³-hybridized carbons (Fsp3) is 0.158. The third-order valence-electron chi connectivity index (χ3n) is 11.5. The zero-order valence-corrected chi connectivity index (χ0v) is 39.6. The van der Waals surface area contributed by atoms with Crippen LogP contribution in [0.2, 0.25) is 0 Å². The van der Waals surface area contributed by atoms with Crippen molar-refractivity contribution in [3.63, 3.8) is 0 Å². The number of benzene rings is 6. The zero-order chi connectivity index (χ0) is 49.2. The van der Waals surface area contributed by atoms with Gasteiger partial charge in [-0.2, -0.15) is 0 Å². The highest BCUT2D eigenvalue weighted by Gasteiger charge is 2.11. The van der Waals surface area contributed by atoms with Gasteiger partial charge < -0.3 is 28.4 Å². The Morgan fingerprint density at radius 2 is 0.841 bits per heavy atom. The number of hydrogen-bond donors (Lipinski definition) is 0. The topological polar surface area (TPSA) is 127 Å². The number of hydrogen-bond acceptors (Lipinski definition) is 6. The van der Waals surface area contributed by atoms with Crippen LogP contribution in [0.1, 0.15) is 47.8 Å². The summed E-state index contributed by atoms with van der Waals surface area (Å²) in [6, 6.07) is 52.2. The summed E-state index contributed by atoms with van der Waals surface area (Å²) in [5.74, 6) is -0.0661. The van der Waals surface area contributed by atoms with Crippen molar-refractivity contribution in [3.8, 4) is 0 Å². The summed E-state index contributed by atoms with van der Waals surface area (Å²) in [6.45, 7) is 1.62. The number of amides is 3. The molecule has 3 heterocycles. The quantitative estimate of drug-likeness (QED) is 0.144. The molecule has 0 spiro atoms. The van der Waals surface area contributed by atoms with E-state index in [-0.39, 0.29) is 34.3 Å². The Bertz CT molecular complexity index is 3450. The van der Waals surface area contributed by atoms with Crippen LogP contribution in [0.5, 0.6) is 0 Å². The Kier molecular flexibility index (Phi) is 15.2. The molecule has 0 aliphatic rings. The van der Waals surface area contributed by atoms with Crippen LogP contribution in [0.25, 0.3) is 32.6 Å². The van der Waals surface area contributed by atoms with Gasteiger partial charge in [-0.05, 0) is 93.5 Å². The average molecular weight is 919 g/mol. The Morgan fingerprint density at radius 1 is 0.406 bits per heavy atom. The van der Waals surface area contributed by atoms with Crippen LogP contribution in [0.4, 0.5) is 0 Å². The van der Waals surface area contributed by atoms with E-state index in [0.717, 1.165) is 49.3 Å². The van der Waals surface area contributed by atoms with E-state index in [1.165, 1.54) is 0 Å². The number of rotatable bonds is 9. The molecule has 3 amide bonds. The van der Waals surface area contributed by atoms with Crippen LogP contribution in [-0.4, -0.2) is 88.4 Å². The summed E-state index contributed by atoms with van der Waals surface area (Å²) in [4.78, 5) is 76.7. The minimum atomic E-state index is -0.0304. The maximum atomic E-state index is 12.2. The standard InChI is InChI=1S/3C19H18N2O2/c1-20(2)19(23)15-9-7-14(8-10-15)12-21-13-17-6-4-3-5-16(17)11-18(21)22;1-20(2)19(23)15-9-7-14(8-10-15)13-21-12-11-18(22)16-5-3-4-6-17(16)21;1-20(2)19(23)16-9-7-14(8-10-16)13-21-17-6-4-3-5-15(17)11-12-18(21)22/h3-11,13H,12H2,1-2H3;2*3-12H,13H2,1-2H3. The van der Waals surface area contributed by atoms with E-state index in [2.05, 4.69) is 0 Å². The summed E-state index contributed by atoms with van der Waals surface area (Å²) in [6.07, 6.45) is 3.68. The second-order valence-corrected chi connectivity index (χ2v) is 17.2. The van der Waals surface area contributed by atoms with Gasteiger partial charge in [0.15, 0.2) is 5.43 Å². The maximum absolute atomic E-state index is 12.2. The second kappa shape index (κ2) is 21.8. The van der Waals surface area contributed by atoms with Gasteiger partial charge in [-0.3, -0.25) is 28.8 Å². The van der Waals surface area contributed by atoms with Gasteiger partial charge in [0.25, 0.3) is 28.8 Å². The summed E-state index contributed by atoms with van der Waals surface area (Å²) in [5, 5.41) is 3.73. The van der Waals surface area contributed by atoms with Crippen LogP contribution in [0.15, 0.2) is 197 Å². The third kappa shape index (κ3) is 11.9. The Balaban J connectivity index is 0.000000153. The van der Waals surface area contributed by atoms with Gasteiger partial charge in [-0.25, -0.2) is 0 Å². The van der Waals surface area contributed by atoms with Gasteiger partial charge in [0.1, 0.15) is 0 Å². The molecule has 348 valence electrons. The van der Waals surface area contributed by atoms with Crippen LogP contribution < -0.4 is 16.5 Å². The number of carbonyl (C=O) groups is 3. The summed E-state index contributed by atoms with van der Waals surface area (Å²) >= 11 is 0. The summed E-state index contributed by atoms with van der Waals surface area (Å²) < 4.78 is 5.47. The lowest BCUT2D eigenvalue weighted by Crippen LogP contribution is -2.22. The minimum Gasteiger partial charge on any atom is -0.345 e. The molecule has 12 nitrogen and oxygen atoms in total. The third-order valence-corrected chi connectivity index (χ3v) is 11.5. The molecule has 69 heavy (non-hydrogen) atoms. The van der Waals surface area contributed by atoms with Gasteiger partial charge in [-0.1, -0.05) is 91.0 Å². The highest BCUT2D eigenvalue weighted by molar-refractivity contribution is 5.95. The molecule has 0 fully saturated rings. The van der Waals surface area contributed by atoms with Crippen molar-refractivity contribution in [2.75, 3.05) is 42.3 Å². The molecule has 0 radical (unpaired) electrons. The van der Waals surface area contributed by atoms with Crippen molar-refractivity contribution in [1.29, 1.82) is 0 Å². The van der Waals surface area contributed by atoms with Crippen LogP contribution in [-0.2, 0) is 19.6 Å². The van der Waals surface area contributed by atoms with Gasteiger partial charge in [0.05, 0.1) is 24.1 Å². The van der Waals surface area contributed by atoms with Gasteiger partial charge in [0.2, 0.25) is 0 Å². The summed E-state index contributed by atoms with van der Waals surface area (Å²) in [7, 11) is 10.4. The molecule has 6 aromatic carbocycles. The number of para-hydroxylation sites is 2. The highest BCUT2D eigenvalue weighted by Crippen LogP contribution is 2.17. The molecule has 0 unspecified atom stereocenters. The molecular weight excluding hydrogens is 865 g/mol. The van der Waals surface area contributed by atoms with E-state index in [1.54, 1.807) is 109 Å². The smallest absolute Gasteiger partial charge is 0.253 e. The number of pyridine rings is 3. The van der Waals surface area contributed by atoms with E-state index >= 15 is 0 Å². The predicted octanol–water partition coefficient (Wildman–Crippen LogP) is 8.25. The number of aromatic nitrogens is 3. The molecule has 9 aromatic rings.